The van der Waals surface area contributed by atoms with Gasteiger partial charge in [-0.15, -0.1) is 0 Å². The van der Waals surface area contributed by atoms with Crippen LogP contribution in [-0.4, -0.2) is 42.8 Å². The van der Waals surface area contributed by atoms with Gasteiger partial charge in [-0.3, -0.25) is 9.69 Å². The number of hydrogen-bond acceptors (Lipinski definition) is 4. The number of hydrazone groups is 1. The molecule has 2 aromatic carbocycles. The van der Waals surface area contributed by atoms with E-state index in [0.29, 0.717) is 13.2 Å². The highest BCUT2D eigenvalue weighted by Crippen LogP contribution is 2.23. The maximum absolute atomic E-state index is 13.0. The average Bonchev–Trinajstić information content (AvgIpc) is 2.70. The second-order valence-corrected chi connectivity index (χ2v) is 6.55. The molecule has 27 heavy (non-hydrogen) atoms. The van der Waals surface area contributed by atoms with Crippen molar-refractivity contribution in [2.75, 3.05) is 26.3 Å². The summed E-state index contributed by atoms with van der Waals surface area (Å²) in [5, 5.41) is 4.35. The zero-order chi connectivity index (χ0) is 19.1. The molecule has 1 heterocycles. The summed E-state index contributed by atoms with van der Waals surface area (Å²) in [4.78, 5) is 14.5. The number of halogens is 1. The van der Waals surface area contributed by atoms with Gasteiger partial charge in [-0.2, -0.15) is 5.10 Å². The number of morpholine rings is 1. The molecule has 3 rings (SSSR count). The van der Waals surface area contributed by atoms with Crippen LogP contribution in [0.5, 0.6) is 0 Å². The third-order valence-corrected chi connectivity index (χ3v) is 4.56. The smallest absolute Gasteiger partial charge is 0.244 e. The predicted molar refractivity (Wildman–Crippen MR) is 103 cm³/mol. The van der Waals surface area contributed by atoms with E-state index in [1.807, 2.05) is 25.1 Å². The van der Waals surface area contributed by atoms with Gasteiger partial charge in [0.15, 0.2) is 0 Å². The Labute approximate surface area is 158 Å². The van der Waals surface area contributed by atoms with E-state index in [2.05, 4.69) is 27.6 Å². The largest absolute Gasteiger partial charge is 0.379 e. The molecule has 6 heteroatoms. The van der Waals surface area contributed by atoms with Gasteiger partial charge in [0.05, 0.1) is 31.4 Å². The van der Waals surface area contributed by atoms with Crippen LogP contribution in [0.1, 0.15) is 24.1 Å². The average molecular weight is 369 g/mol. The normalized spacial score (nSPS) is 16.7. The maximum Gasteiger partial charge on any atom is 0.244 e. The van der Waals surface area contributed by atoms with Gasteiger partial charge in [-0.25, -0.2) is 9.82 Å². The highest BCUT2D eigenvalue weighted by molar-refractivity contribution is 5.90. The van der Waals surface area contributed by atoms with Crippen molar-refractivity contribution in [2.45, 2.75) is 19.4 Å². The van der Waals surface area contributed by atoms with Crippen LogP contribution in [0.15, 0.2) is 59.7 Å². The third-order valence-electron chi connectivity index (χ3n) is 4.56. The Morgan fingerprint density at radius 3 is 2.48 bits per heavy atom. The van der Waals surface area contributed by atoms with E-state index in [9.17, 15) is 9.18 Å². The first-order valence-electron chi connectivity index (χ1n) is 9.07. The highest BCUT2D eigenvalue weighted by atomic mass is 19.1. The highest BCUT2D eigenvalue weighted by Gasteiger charge is 2.25. The van der Waals surface area contributed by atoms with Crippen molar-refractivity contribution in [3.05, 3.63) is 71.5 Å². The lowest BCUT2D eigenvalue weighted by atomic mass is 10.0. The van der Waals surface area contributed by atoms with Gasteiger partial charge in [0, 0.05) is 13.1 Å². The molecule has 1 amide bonds. The van der Waals surface area contributed by atoms with Crippen LogP contribution < -0.4 is 5.43 Å². The van der Waals surface area contributed by atoms with E-state index in [1.165, 1.54) is 12.1 Å². The van der Waals surface area contributed by atoms with E-state index in [0.717, 1.165) is 29.9 Å². The number of carbonyl (C=O) groups is 1. The van der Waals surface area contributed by atoms with Crippen LogP contribution in [0, 0.1) is 5.82 Å². The van der Waals surface area contributed by atoms with Crippen molar-refractivity contribution >= 4 is 11.6 Å². The van der Waals surface area contributed by atoms with Gasteiger partial charge >= 0.3 is 0 Å². The molecule has 0 radical (unpaired) electrons. The summed E-state index contributed by atoms with van der Waals surface area (Å²) in [5.41, 5.74) is 5.33. The van der Waals surface area contributed by atoms with Crippen molar-refractivity contribution in [1.29, 1.82) is 0 Å². The number of ether oxygens (including phenoxy) is 1. The Hall–Kier alpha value is -2.57. The van der Waals surface area contributed by atoms with Crippen molar-refractivity contribution in [3.8, 4) is 0 Å². The second kappa shape index (κ2) is 9.39. The monoisotopic (exact) mass is 369 g/mol. The van der Waals surface area contributed by atoms with Gasteiger partial charge in [0.2, 0.25) is 5.91 Å². The van der Waals surface area contributed by atoms with Crippen LogP contribution >= 0.6 is 0 Å². The van der Waals surface area contributed by atoms with E-state index in [4.69, 9.17) is 4.74 Å². The molecule has 5 nitrogen and oxygen atoms in total. The molecule has 142 valence electrons. The SMILES string of the molecule is C/C(=N/NC(=O)Cc1ccc(F)cc1)[C@H](c1ccccc1)N1CCOCC1. The van der Waals surface area contributed by atoms with E-state index in [-0.39, 0.29) is 24.2 Å². The minimum absolute atomic E-state index is 0.0128. The fourth-order valence-electron chi connectivity index (χ4n) is 3.23. The second-order valence-electron chi connectivity index (χ2n) is 6.55. The predicted octanol–water partition coefficient (Wildman–Crippen LogP) is 2.93. The van der Waals surface area contributed by atoms with Crippen molar-refractivity contribution < 1.29 is 13.9 Å². The first kappa shape index (κ1) is 19.2. The van der Waals surface area contributed by atoms with Crippen molar-refractivity contribution in [1.82, 2.24) is 10.3 Å². The van der Waals surface area contributed by atoms with Crippen molar-refractivity contribution in [3.63, 3.8) is 0 Å². The van der Waals surface area contributed by atoms with Gasteiger partial charge in [0.1, 0.15) is 5.82 Å². The lowest BCUT2D eigenvalue weighted by Gasteiger charge is -2.34. The molecular formula is C21H24FN3O2. The lowest BCUT2D eigenvalue weighted by molar-refractivity contribution is -0.120. The number of carbonyl (C=O) groups excluding carboxylic acids is 1. The van der Waals surface area contributed by atoms with Gasteiger partial charge in [-0.1, -0.05) is 42.5 Å². The molecule has 0 unspecified atom stereocenters. The summed E-state index contributed by atoms with van der Waals surface area (Å²) in [7, 11) is 0. The molecule has 1 N–H and O–H groups in total. The number of benzene rings is 2. The van der Waals surface area contributed by atoms with Crippen molar-refractivity contribution in [2.24, 2.45) is 5.10 Å². The molecule has 1 saturated heterocycles. The van der Waals surface area contributed by atoms with E-state index < -0.39 is 0 Å². The number of hydrogen-bond donors (Lipinski definition) is 1. The van der Waals surface area contributed by atoms with E-state index >= 15 is 0 Å². The number of amides is 1. The number of nitrogens with one attached hydrogen (secondary N) is 1. The van der Waals surface area contributed by atoms with Gasteiger partial charge < -0.3 is 4.74 Å². The lowest BCUT2D eigenvalue weighted by Crippen LogP contribution is -2.42. The standard InChI is InChI=1S/C21H24FN3O2/c1-16(23-24-20(26)15-17-7-9-19(22)10-8-17)21(18-5-3-2-4-6-18)25-11-13-27-14-12-25/h2-10,21H,11-15H2,1H3,(H,24,26)/b23-16-/t21-/m1/s1. The summed E-state index contributed by atoms with van der Waals surface area (Å²) in [6, 6.07) is 16.0. The van der Waals surface area contributed by atoms with Crippen LogP contribution in [0.25, 0.3) is 0 Å². The third kappa shape index (κ3) is 5.45. The Morgan fingerprint density at radius 2 is 1.81 bits per heavy atom. The fraction of sp³-hybridized carbons (Fsp3) is 0.333. The quantitative estimate of drug-likeness (QED) is 0.629. The first-order chi connectivity index (χ1) is 13.1. The summed E-state index contributed by atoms with van der Waals surface area (Å²) < 4.78 is 18.4. The molecule has 2 aromatic rings. The van der Waals surface area contributed by atoms with Crippen LogP contribution in [0.4, 0.5) is 4.39 Å². The molecule has 0 saturated carbocycles. The molecule has 1 aliphatic heterocycles. The minimum Gasteiger partial charge on any atom is -0.379 e. The summed E-state index contributed by atoms with van der Waals surface area (Å²) in [6.07, 6.45) is 0.157. The number of rotatable bonds is 6. The van der Waals surface area contributed by atoms with Gasteiger partial charge in [-0.05, 0) is 30.2 Å². The van der Waals surface area contributed by atoms with Gasteiger partial charge in [0.25, 0.3) is 0 Å². The fourth-order valence-corrected chi connectivity index (χ4v) is 3.23. The van der Waals surface area contributed by atoms with E-state index in [1.54, 1.807) is 12.1 Å². The zero-order valence-corrected chi connectivity index (χ0v) is 15.4. The summed E-state index contributed by atoms with van der Waals surface area (Å²) >= 11 is 0. The minimum atomic E-state index is -0.316. The first-order valence-corrected chi connectivity index (χ1v) is 9.07. The molecule has 1 aliphatic rings. The van der Waals surface area contributed by atoms with Crippen LogP contribution in [-0.2, 0) is 16.0 Å². The Bertz CT molecular complexity index is 772. The van der Waals surface area contributed by atoms with Crippen LogP contribution in [0.2, 0.25) is 0 Å². The zero-order valence-electron chi connectivity index (χ0n) is 15.4. The molecule has 1 atom stereocenters. The molecule has 0 aromatic heterocycles. The summed E-state index contributed by atoms with van der Waals surface area (Å²) in [6.45, 7) is 4.93. The summed E-state index contributed by atoms with van der Waals surface area (Å²) in [5.74, 6) is -0.543. The Morgan fingerprint density at radius 1 is 1.15 bits per heavy atom. The Kier molecular flexibility index (Phi) is 6.68. The molecular weight excluding hydrogens is 345 g/mol. The Balaban J connectivity index is 1.69. The maximum atomic E-state index is 13.0. The molecule has 0 bridgehead atoms. The van der Waals surface area contributed by atoms with Crippen LogP contribution in [0.3, 0.4) is 0 Å². The molecule has 0 spiro atoms. The molecule has 0 aliphatic carbocycles. The topological polar surface area (TPSA) is 53.9 Å². The molecule has 1 fully saturated rings. The number of nitrogens with zero attached hydrogens (tertiary/aromatic N) is 2.